The van der Waals surface area contributed by atoms with Crippen LogP contribution >= 0.6 is 11.3 Å². The summed E-state index contributed by atoms with van der Waals surface area (Å²) < 4.78 is 5.32. The van der Waals surface area contributed by atoms with Crippen molar-refractivity contribution in [3.05, 3.63) is 59.3 Å². The molecule has 1 N–H and O–H groups in total. The zero-order valence-corrected chi connectivity index (χ0v) is 14.8. The van der Waals surface area contributed by atoms with E-state index in [-0.39, 0.29) is 17.7 Å². The number of hydrogen-bond acceptors (Lipinski definition) is 4. The second kappa shape index (κ2) is 6.61. The Morgan fingerprint density at radius 3 is 2.58 bits per heavy atom. The van der Waals surface area contributed by atoms with Crippen molar-refractivity contribution < 1.29 is 9.21 Å². The maximum absolute atomic E-state index is 12.2. The summed E-state index contributed by atoms with van der Waals surface area (Å²) in [7, 11) is 0. The van der Waals surface area contributed by atoms with Crippen LogP contribution in [0.1, 0.15) is 32.0 Å². The average molecular weight is 340 g/mol. The highest BCUT2D eigenvalue weighted by atomic mass is 32.1. The molecule has 0 unspecified atom stereocenters. The predicted octanol–water partition coefficient (Wildman–Crippen LogP) is 4.88. The Labute approximate surface area is 145 Å². The minimum Gasteiger partial charge on any atom is -0.462 e. The molecule has 0 saturated heterocycles. The molecular weight excluding hydrogens is 320 g/mol. The molecule has 3 rings (SSSR count). The molecule has 24 heavy (non-hydrogen) atoms. The average Bonchev–Trinajstić information content (AvgIpc) is 3.17. The number of rotatable bonds is 4. The van der Waals surface area contributed by atoms with E-state index in [1.165, 1.54) is 16.9 Å². The highest BCUT2D eigenvalue weighted by molar-refractivity contribution is 7.13. The third-order valence-electron chi connectivity index (χ3n) is 3.66. The molecule has 0 saturated carbocycles. The van der Waals surface area contributed by atoms with Crippen LogP contribution in [0.15, 0.2) is 52.5 Å². The summed E-state index contributed by atoms with van der Waals surface area (Å²) in [6.07, 6.45) is 1.86. The van der Waals surface area contributed by atoms with Gasteiger partial charge in [-0.3, -0.25) is 4.79 Å². The Morgan fingerprint density at radius 1 is 1.21 bits per heavy atom. The van der Waals surface area contributed by atoms with E-state index in [1.807, 2.05) is 41.8 Å². The van der Waals surface area contributed by atoms with Gasteiger partial charge in [-0.25, -0.2) is 4.98 Å². The van der Waals surface area contributed by atoms with Crippen LogP contribution in [0.5, 0.6) is 0 Å². The van der Waals surface area contributed by atoms with Gasteiger partial charge in [0.2, 0.25) is 5.91 Å². The van der Waals surface area contributed by atoms with Crippen molar-refractivity contribution in [3.8, 4) is 10.8 Å². The zero-order valence-electron chi connectivity index (χ0n) is 14.0. The monoisotopic (exact) mass is 340 g/mol. The first-order chi connectivity index (χ1) is 11.4. The third-order valence-corrected chi connectivity index (χ3v) is 4.57. The summed E-state index contributed by atoms with van der Waals surface area (Å²) in [4.78, 5) is 16.6. The fourth-order valence-corrected chi connectivity index (χ4v) is 3.11. The normalized spacial score (nSPS) is 11.5. The van der Waals surface area contributed by atoms with E-state index in [0.29, 0.717) is 0 Å². The lowest BCUT2D eigenvalue weighted by atomic mass is 9.87. The molecule has 0 bridgehead atoms. The van der Waals surface area contributed by atoms with Crippen molar-refractivity contribution in [2.24, 2.45) is 0 Å². The fourth-order valence-electron chi connectivity index (χ4n) is 2.32. The van der Waals surface area contributed by atoms with Crippen molar-refractivity contribution in [2.75, 3.05) is 5.32 Å². The molecule has 4 nitrogen and oxygen atoms in total. The lowest BCUT2D eigenvalue weighted by Gasteiger charge is -2.19. The maximum Gasteiger partial charge on any atom is 0.230 e. The Balaban J connectivity index is 1.62. The number of hydrogen-bond donors (Lipinski definition) is 1. The van der Waals surface area contributed by atoms with Gasteiger partial charge in [-0.05, 0) is 35.2 Å². The molecule has 1 aromatic carbocycles. The van der Waals surface area contributed by atoms with Gasteiger partial charge in [0.1, 0.15) is 0 Å². The van der Waals surface area contributed by atoms with Crippen molar-refractivity contribution in [2.45, 2.75) is 32.6 Å². The number of thiazole rings is 1. The van der Waals surface area contributed by atoms with Crippen molar-refractivity contribution in [1.29, 1.82) is 0 Å². The number of nitrogens with zero attached hydrogens (tertiary/aromatic N) is 1. The highest BCUT2D eigenvalue weighted by Crippen LogP contribution is 2.25. The standard InChI is InChI=1S/C19H20N2O2S/c1-19(2,3)13-6-8-14(9-7-13)20-17(22)11-15-12-24-18(21-15)16-5-4-10-23-16/h4-10,12H,11H2,1-3H3,(H,20,22). The van der Waals surface area contributed by atoms with Crippen LogP contribution in [-0.2, 0) is 16.6 Å². The number of aromatic nitrogens is 1. The molecule has 124 valence electrons. The number of nitrogens with one attached hydrogen (secondary N) is 1. The summed E-state index contributed by atoms with van der Waals surface area (Å²) in [5.41, 5.74) is 2.89. The Hall–Kier alpha value is -2.40. The van der Waals surface area contributed by atoms with E-state index in [2.05, 4.69) is 31.1 Å². The molecule has 0 fully saturated rings. The molecule has 2 aromatic heterocycles. The van der Waals surface area contributed by atoms with E-state index in [1.54, 1.807) is 6.26 Å². The molecule has 3 aromatic rings. The van der Waals surface area contributed by atoms with Gasteiger partial charge in [0, 0.05) is 11.1 Å². The van der Waals surface area contributed by atoms with Gasteiger partial charge >= 0.3 is 0 Å². The van der Waals surface area contributed by atoms with E-state index >= 15 is 0 Å². The van der Waals surface area contributed by atoms with Crippen LogP contribution in [0.3, 0.4) is 0 Å². The number of benzene rings is 1. The summed E-state index contributed by atoms with van der Waals surface area (Å²) in [6.45, 7) is 6.50. The number of carbonyl (C=O) groups is 1. The SMILES string of the molecule is CC(C)(C)c1ccc(NC(=O)Cc2csc(-c3ccco3)n2)cc1. The van der Waals surface area contributed by atoms with Crippen LogP contribution in [0.25, 0.3) is 10.8 Å². The van der Waals surface area contributed by atoms with Gasteiger partial charge in [-0.2, -0.15) is 0 Å². The number of furan rings is 1. The number of anilines is 1. The van der Waals surface area contributed by atoms with Gasteiger partial charge in [-0.1, -0.05) is 32.9 Å². The van der Waals surface area contributed by atoms with Crippen LogP contribution in [0.2, 0.25) is 0 Å². The first-order valence-corrected chi connectivity index (χ1v) is 8.68. The summed E-state index contributed by atoms with van der Waals surface area (Å²) in [5.74, 6) is 0.652. The van der Waals surface area contributed by atoms with E-state index in [4.69, 9.17) is 4.42 Å². The number of carbonyl (C=O) groups excluding carboxylic acids is 1. The van der Waals surface area contributed by atoms with Gasteiger partial charge < -0.3 is 9.73 Å². The quantitative estimate of drug-likeness (QED) is 0.736. The smallest absolute Gasteiger partial charge is 0.230 e. The summed E-state index contributed by atoms with van der Waals surface area (Å²) >= 11 is 1.48. The van der Waals surface area contributed by atoms with E-state index < -0.39 is 0 Å². The lowest BCUT2D eigenvalue weighted by molar-refractivity contribution is -0.115. The molecule has 0 spiro atoms. The summed E-state index contributed by atoms with van der Waals surface area (Å²) in [5, 5.41) is 5.59. The van der Waals surface area contributed by atoms with Gasteiger partial charge in [0.15, 0.2) is 10.8 Å². The van der Waals surface area contributed by atoms with Gasteiger partial charge in [0.05, 0.1) is 18.4 Å². The molecule has 0 aliphatic rings. The molecule has 5 heteroatoms. The molecule has 1 amide bonds. The second-order valence-corrected chi connectivity index (χ2v) is 7.53. The van der Waals surface area contributed by atoms with Crippen LogP contribution in [0.4, 0.5) is 5.69 Å². The van der Waals surface area contributed by atoms with Crippen LogP contribution < -0.4 is 5.32 Å². The second-order valence-electron chi connectivity index (χ2n) is 6.67. The lowest BCUT2D eigenvalue weighted by Crippen LogP contribution is -2.15. The maximum atomic E-state index is 12.2. The van der Waals surface area contributed by atoms with Crippen molar-refractivity contribution in [1.82, 2.24) is 4.98 Å². The molecular formula is C19H20N2O2S. The predicted molar refractivity (Wildman–Crippen MR) is 97.3 cm³/mol. The molecule has 2 heterocycles. The Bertz CT molecular complexity index is 812. The molecule has 0 aliphatic carbocycles. The first-order valence-electron chi connectivity index (χ1n) is 7.80. The third kappa shape index (κ3) is 3.92. The Morgan fingerprint density at radius 2 is 1.96 bits per heavy atom. The molecule has 0 radical (unpaired) electrons. The first kappa shape index (κ1) is 16.5. The van der Waals surface area contributed by atoms with Crippen LogP contribution in [0, 0.1) is 0 Å². The fraction of sp³-hybridized carbons (Fsp3) is 0.263. The minimum atomic E-state index is -0.0743. The molecule has 0 atom stereocenters. The Kier molecular flexibility index (Phi) is 4.53. The van der Waals surface area contributed by atoms with Gasteiger partial charge in [0.25, 0.3) is 0 Å². The van der Waals surface area contributed by atoms with E-state index in [0.717, 1.165) is 22.1 Å². The van der Waals surface area contributed by atoms with E-state index in [9.17, 15) is 4.79 Å². The molecule has 0 aliphatic heterocycles. The minimum absolute atomic E-state index is 0.0743. The number of amides is 1. The van der Waals surface area contributed by atoms with Crippen molar-refractivity contribution >= 4 is 22.9 Å². The zero-order chi connectivity index (χ0) is 17.2. The largest absolute Gasteiger partial charge is 0.462 e. The van der Waals surface area contributed by atoms with Gasteiger partial charge in [-0.15, -0.1) is 11.3 Å². The topological polar surface area (TPSA) is 55.1 Å². The highest BCUT2D eigenvalue weighted by Gasteiger charge is 2.14. The van der Waals surface area contributed by atoms with Crippen molar-refractivity contribution in [3.63, 3.8) is 0 Å². The summed E-state index contributed by atoms with van der Waals surface area (Å²) in [6, 6.07) is 11.7. The van der Waals surface area contributed by atoms with Crippen LogP contribution in [-0.4, -0.2) is 10.9 Å².